The van der Waals surface area contributed by atoms with Gasteiger partial charge in [0.1, 0.15) is 5.82 Å². The molecule has 1 aromatic carbocycles. The lowest BCUT2D eigenvalue weighted by Crippen LogP contribution is -2.25. The van der Waals surface area contributed by atoms with E-state index in [-0.39, 0.29) is 5.82 Å². The molecule has 0 spiro atoms. The highest BCUT2D eigenvalue weighted by atomic mass is 32.1. The standard InChI is InChI=1S/C16H21FN2S/c1-12(2)18-9-14-15(17)5-4-6-16(14)19(3)10-13-7-8-20-11-13/h4-8,11-12,18H,9-10H2,1-3H3. The average Bonchev–Trinajstić information content (AvgIpc) is 2.89. The largest absolute Gasteiger partial charge is 0.370 e. The highest BCUT2D eigenvalue weighted by molar-refractivity contribution is 7.07. The molecule has 0 aliphatic heterocycles. The van der Waals surface area contributed by atoms with Crippen LogP contribution in [0, 0.1) is 5.82 Å². The van der Waals surface area contributed by atoms with Gasteiger partial charge in [-0.3, -0.25) is 0 Å². The van der Waals surface area contributed by atoms with Crippen LogP contribution in [-0.4, -0.2) is 13.1 Å². The van der Waals surface area contributed by atoms with E-state index in [4.69, 9.17) is 0 Å². The summed E-state index contributed by atoms with van der Waals surface area (Å²) < 4.78 is 14.1. The number of nitrogens with zero attached hydrogens (tertiary/aromatic N) is 1. The fourth-order valence-corrected chi connectivity index (χ4v) is 2.79. The number of halogens is 1. The normalized spacial score (nSPS) is 11.1. The first-order valence-electron chi connectivity index (χ1n) is 6.81. The lowest BCUT2D eigenvalue weighted by Gasteiger charge is -2.23. The number of nitrogens with one attached hydrogen (secondary N) is 1. The zero-order valence-electron chi connectivity index (χ0n) is 12.2. The van der Waals surface area contributed by atoms with Crippen molar-refractivity contribution in [1.29, 1.82) is 0 Å². The molecule has 0 bridgehead atoms. The molecule has 20 heavy (non-hydrogen) atoms. The second-order valence-corrected chi connectivity index (χ2v) is 6.04. The molecule has 1 N–H and O–H groups in total. The highest BCUT2D eigenvalue weighted by Crippen LogP contribution is 2.24. The fourth-order valence-electron chi connectivity index (χ4n) is 2.13. The summed E-state index contributed by atoms with van der Waals surface area (Å²) in [6.07, 6.45) is 0. The Bertz CT molecular complexity index is 537. The number of benzene rings is 1. The topological polar surface area (TPSA) is 15.3 Å². The number of thiophene rings is 1. The Labute approximate surface area is 124 Å². The van der Waals surface area contributed by atoms with Gasteiger partial charge in [-0.1, -0.05) is 19.9 Å². The zero-order chi connectivity index (χ0) is 14.5. The molecule has 0 radical (unpaired) electrons. The van der Waals surface area contributed by atoms with Crippen molar-refractivity contribution in [2.75, 3.05) is 11.9 Å². The van der Waals surface area contributed by atoms with Crippen molar-refractivity contribution < 1.29 is 4.39 Å². The first-order valence-corrected chi connectivity index (χ1v) is 7.75. The van der Waals surface area contributed by atoms with Crippen LogP contribution in [0.3, 0.4) is 0 Å². The third kappa shape index (κ3) is 3.81. The van der Waals surface area contributed by atoms with E-state index in [0.29, 0.717) is 12.6 Å². The van der Waals surface area contributed by atoms with Crippen LogP contribution in [0.1, 0.15) is 25.0 Å². The van der Waals surface area contributed by atoms with Gasteiger partial charge in [-0.15, -0.1) is 0 Å². The van der Waals surface area contributed by atoms with Crippen molar-refractivity contribution in [2.24, 2.45) is 0 Å². The summed E-state index contributed by atoms with van der Waals surface area (Å²) in [7, 11) is 2.01. The van der Waals surface area contributed by atoms with E-state index in [0.717, 1.165) is 17.8 Å². The second kappa shape index (κ2) is 6.86. The van der Waals surface area contributed by atoms with E-state index >= 15 is 0 Å². The van der Waals surface area contributed by atoms with Gasteiger partial charge in [0.2, 0.25) is 0 Å². The van der Waals surface area contributed by atoms with Crippen molar-refractivity contribution in [2.45, 2.75) is 33.0 Å². The maximum Gasteiger partial charge on any atom is 0.129 e. The predicted octanol–water partition coefficient (Wildman–Crippen LogP) is 4.02. The molecule has 0 saturated heterocycles. The third-order valence-electron chi connectivity index (χ3n) is 3.19. The molecule has 0 aliphatic rings. The molecule has 0 aliphatic carbocycles. The van der Waals surface area contributed by atoms with Crippen LogP contribution in [-0.2, 0) is 13.1 Å². The van der Waals surface area contributed by atoms with Crippen LogP contribution < -0.4 is 10.2 Å². The Morgan fingerprint density at radius 3 is 2.75 bits per heavy atom. The van der Waals surface area contributed by atoms with E-state index in [1.165, 1.54) is 11.6 Å². The summed E-state index contributed by atoms with van der Waals surface area (Å²) in [6.45, 7) is 5.47. The summed E-state index contributed by atoms with van der Waals surface area (Å²) in [6, 6.07) is 7.72. The molecule has 0 atom stereocenters. The summed E-state index contributed by atoms with van der Waals surface area (Å²) in [4.78, 5) is 2.10. The minimum Gasteiger partial charge on any atom is -0.370 e. The number of anilines is 1. The SMILES string of the molecule is CC(C)NCc1c(F)cccc1N(C)Cc1ccsc1. The maximum atomic E-state index is 14.1. The highest BCUT2D eigenvalue weighted by Gasteiger charge is 2.12. The van der Waals surface area contributed by atoms with Gasteiger partial charge in [-0.05, 0) is 34.5 Å². The van der Waals surface area contributed by atoms with E-state index < -0.39 is 0 Å². The van der Waals surface area contributed by atoms with Crippen LogP contribution in [0.15, 0.2) is 35.0 Å². The van der Waals surface area contributed by atoms with Gasteiger partial charge in [0.05, 0.1) is 0 Å². The second-order valence-electron chi connectivity index (χ2n) is 5.26. The van der Waals surface area contributed by atoms with Gasteiger partial charge in [-0.2, -0.15) is 11.3 Å². The van der Waals surface area contributed by atoms with Gasteiger partial charge >= 0.3 is 0 Å². The van der Waals surface area contributed by atoms with Gasteiger partial charge < -0.3 is 10.2 Å². The number of hydrogen-bond acceptors (Lipinski definition) is 3. The molecule has 2 aromatic rings. The number of rotatable bonds is 6. The lowest BCUT2D eigenvalue weighted by molar-refractivity contribution is 0.552. The monoisotopic (exact) mass is 292 g/mol. The molecular weight excluding hydrogens is 271 g/mol. The van der Waals surface area contributed by atoms with Crippen LogP contribution in [0.4, 0.5) is 10.1 Å². The van der Waals surface area contributed by atoms with Gasteiger partial charge in [-0.25, -0.2) is 4.39 Å². The third-order valence-corrected chi connectivity index (χ3v) is 3.92. The molecular formula is C16H21FN2S. The summed E-state index contributed by atoms with van der Waals surface area (Å²) in [5.41, 5.74) is 2.94. The molecule has 108 valence electrons. The van der Waals surface area contributed by atoms with Gasteiger partial charge in [0.15, 0.2) is 0 Å². The number of hydrogen-bond donors (Lipinski definition) is 1. The van der Waals surface area contributed by atoms with Gasteiger partial charge in [0.25, 0.3) is 0 Å². The molecule has 0 unspecified atom stereocenters. The molecule has 1 heterocycles. The van der Waals surface area contributed by atoms with Gasteiger partial charge in [0, 0.05) is 37.4 Å². The Morgan fingerprint density at radius 2 is 2.10 bits per heavy atom. The molecule has 0 amide bonds. The first-order chi connectivity index (χ1) is 9.58. The van der Waals surface area contributed by atoms with Crippen molar-refractivity contribution in [3.8, 4) is 0 Å². The van der Waals surface area contributed by atoms with E-state index in [1.54, 1.807) is 17.4 Å². The Hall–Kier alpha value is -1.39. The van der Waals surface area contributed by atoms with E-state index in [2.05, 4.69) is 40.9 Å². The summed E-state index contributed by atoms with van der Waals surface area (Å²) >= 11 is 1.69. The first kappa shape index (κ1) is 15.0. The van der Waals surface area contributed by atoms with Crippen LogP contribution in [0.2, 0.25) is 0 Å². The molecule has 0 fully saturated rings. The zero-order valence-corrected chi connectivity index (χ0v) is 13.0. The molecule has 1 aromatic heterocycles. The smallest absolute Gasteiger partial charge is 0.129 e. The van der Waals surface area contributed by atoms with Crippen molar-refractivity contribution in [3.05, 3.63) is 52.0 Å². The van der Waals surface area contributed by atoms with E-state index in [9.17, 15) is 4.39 Å². The molecule has 2 rings (SSSR count). The fraction of sp³-hybridized carbons (Fsp3) is 0.375. The Kier molecular flexibility index (Phi) is 5.15. The van der Waals surface area contributed by atoms with Crippen LogP contribution >= 0.6 is 11.3 Å². The maximum absolute atomic E-state index is 14.1. The lowest BCUT2D eigenvalue weighted by atomic mass is 10.1. The average molecular weight is 292 g/mol. The van der Waals surface area contributed by atoms with Crippen LogP contribution in [0.25, 0.3) is 0 Å². The Balaban J connectivity index is 2.19. The predicted molar refractivity (Wildman–Crippen MR) is 84.8 cm³/mol. The summed E-state index contributed by atoms with van der Waals surface area (Å²) in [5.74, 6) is -0.146. The molecule has 4 heteroatoms. The molecule has 0 saturated carbocycles. The summed E-state index contributed by atoms with van der Waals surface area (Å²) in [5, 5.41) is 7.48. The van der Waals surface area contributed by atoms with Crippen molar-refractivity contribution >= 4 is 17.0 Å². The minimum absolute atomic E-state index is 0.146. The Morgan fingerprint density at radius 1 is 1.30 bits per heavy atom. The van der Waals surface area contributed by atoms with Crippen molar-refractivity contribution in [3.63, 3.8) is 0 Å². The van der Waals surface area contributed by atoms with E-state index in [1.807, 2.05) is 13.1 Å². The van der Waals surface area contributed by atoms with Crippen molar-refractivity contribution in [1.82, 2.24) is 5.32 Å². The molecule has 2 nitrogen and oxygen atoms in total. The minimum atomic E-state index is -0.146. The quantitative estimate of drug-likeness (QED) is 0.865. The van der Waals surface area contributed by atoms with Crippen LogP contribution in [0.5, 0.6) is 0 Å².